The van der Waals surface area contributed by atoms with Crippen LogP contribution in [0, 0.1) is 0 Å². The van der Waals surface area contributed by atoms with Crippen molar-refractivity contribution >= 4 is 54.1 Å². The summed E-state index contributed by atoms with van der Waals surface area (Å²) in [5.41, 5.74) is 22.5. The van der Waals surface area contributed by atoms with Gasteiger partial charge in [0.2, 0.25) is 0 Å². The van der Waals surface area contributed by atoms with E-state index in [1.165, 1.54) is 143 Å². The Morgan fingerprint density at radius 3 is 1.05 bits per heavy atom. The van der Waals surface area contributed by atoms with Crippen molar-refractivity contribution in [2.75, 3.05) is 0 Å². The third-order valence-electron chi connectivity index (χ3n) is 17.3. The van der Waals surface area contributed by atoms with Gasteiger partial charge in [0, 0.05) is 16.5 Å². The molecule has 0 fully saturated rings. The highest BCUT2D eigenvalue weighted by Gasteiger charge is 2.46. The van der Waals surface area contributed by atoms with Crippen molar-refractivity contribution in [3.8, 4) is 72.4 Å². The van der Waals surface area contributed by atoms with Crippen molar-refractivity contribution in [2.24, 2.45) is 0 Å². The third-order valence-corrected chi connectivity index (χ3v) is 17.3. The number of hydrogen-bond donors (Lipinski definition) is 0. The SMILES string of the molecule is c1ccc(C2(c3ccccc3)c3cc(-c4cccc5ccccc45)ccc3-c3ccc(-n4c5ccc(-c6ccc(-c7cccc8ccccc78)cc6)cc5c5cc(-c6ccc(-c7cccc8ccccc78)cc6)ccc54)cc32)cc1. The Kier molecular flexibility index (Phi) is 10.5. The molecule has 1 aliphatic rings. The molecule has 0 radical (unpaired) electrons. The van der Waals surface area contributed by atoms with Crippen LogP contribution < -0.4 is 0 Å². The van der Waals surface area contributed by atoms with Crippen molar-refractivity contribution in [3.63, 3.8) is 0 Å². The lowest BCUT2D eigenvalue weighted by Crippen LogP contribution is -2.28. The van der Waals surface area contributed by atoms with Gasteiger partial charge in [0.05, 0.1) is 16.4 Å². The molecule has 0 saturated carbocycles. The summed E-state index contributed by atoms with van der Waals surface area (Å²) in [6.07, 6.45) is 0. The Hall–Kier alpha value is -10.3. The molecule has 0 bridgehead atoms. The van der Waals surface area contributed by atoms with Gasteiger partial charge in [-0.1, -0.05) is 267 Å². The van der Waals surface area contributed by atoms with Crippen LogP contribution in [0.4, 0.5) is 0 Å². The first-order valence-corrected chi connectivity index (χ1v) is 27.8. The number of nitrogens with zero attached hydrogens (tertiary/aromatic N) is 1. The molecule has 0 amide bonds. The predicted octanol–water partition coefficient (Wildman–Crippen LogP) is 20.9. The molecule has 0 unspecified atom stereocenters. The summed E-state index contributed by atoms with van der Waals surface area (Å²) >= 11 is 0. The molecule has 0 saturated heterocycles. The minimum absolute atomic E-state index is 0.612. The van der Waals surface area contributed by atoms with Gasteiger partial charge in [-0.25, -0.2) is 0 Å². The lowest BCUT2D eigenvalue weighted by molar-refractivity contribution is 0.768. The van der Waals surface area contributed by atoms with Gasteiger partial charge in [-0.15, -0.1) is 0 Å². The number of aromatic nitrogens is 1. The van der Waals surface area contributed by atoms with E-state index in [1.54, 1.807) is 0 Å². The largest absolute Gasteiger partial charge is 0.309 e. The van der Waals surface area contributed by atoms with Crippen molar-refractivity contribution in [1.29, 1.82) is 0 Å². The summed E-state index contributed by atoms with van der Waals surface area (Å²) in [6.45, 7) is 0. The zero-order valence-electron chi connectivity index (χ0n) is 43.9. The zero-order valence-corrected chi connectivity index (χ0v) is 43.9. The number of fused-ring (bicyclic) bond motifs is 9. The second-order valence-corrected chi connectivity index (χ2v) is 21.5. The molecule has 0 spiro atoms. The van der Waals surface area contributed by atoms with Crippen molar-refractivity contribution in [3.05, 3.63) is 332 Å². The van der Waals surface area contributed by atoms with Crippen LogP contribution in [0.15, 0.2) is 309 Å². The van der Waals surface area contributed by atoms with Crippen LogP contribution in [0.1, 0.15) is 22.3 Å². The lowest BCUT2D eigenvalue weighted by atomic mass is 9.67. The molecule has 15 aromatic rings. The Bertz CT molecular complexity index is 4670. The summed E-state index contributed by atoms with van der Waals surface area (Å²) in [7, 11) is 0. The monoisotopic (exact) mass is 1010 g/mol. The average molecular weight is 1010 g/mol. The van der Waals surface area contributed by atoms with Crippen molar-refractivity contribution in [2.45, 2.75) is 5.41 Å². The van der Waals surface area contributed by atoms with Crippen LogP contribution in [-0.2, 0) is 5.41 Å². The highest BCUT2D eigenvalue weighted by atomic mass is 15.0. The summed E-state index contributed by atoms with van der Waals surface area (Å²) < 4.78 is 2.51. The summed E-state index contributed by atoms with van der Waals surface area (Å²) in [6, 6.07) is 115. The molecule has 1 aliphatic carbocycles. The van der Waals surface area contributed by atoms with Gasteiger partial charge in [0.1, 0.15) is 0 Å². The molecule has 1 aromatic heterocycles. The van der Waals surface area contributed by atoms with E-state index >= 15 is 0 Å². The van der Waals surface area contributed by atoms with Crippen LogP contribution >= 0.6 is 0 Å². The van der Waals surface area contributed by atoms with E-state index in [4.69, 9.17) is 0 Å². The van der Waals surface area contributed by atoms with Gasteiger partial charge in [-0.3, -0.25) is 0 Å². The van der Waals surface area contributed by atoms with E-state index in [9.17, 15) is 0 Å². The van der Waals surface area contributed by atoms with E-state index in [2.05, 4.69) is 314 Å². The summed E-state index contributed by atoms with van der Waals surface area (Å²) in [4.78, 5) is 0. The fourth-order valence-electron chi connectivity index (χ4n) is 13.6. The molecule has 0 N–H and O–H groups in total. The zero-order chi connectivity index (χ0) is 52.7. The first-order chi connectivity index (χ1) is 39.7. The number of rotatable bonds is 8. The molecular formula is C79H51N. The summed E-state index contributed by atoms with van der Waals surface area (Å²) in [5, 5.41) is 9.96. The third kappa shape index (κ3) is 7.18. The van der Waals surface area contributed by atoms with E-state index < -0.39 is 5.41 Å². The fourth-order valence-corrected chi connectivity index (χ4v) is 13.6. The Morgan fingerprint density at radius 2 is 0.575 bits per heavy atom. The van der Waals surface area contributed by atoms with Gasteiger partial charge in [0.15, 0.2) is 0 Å². The van der Waals surface area contributed by atoms with Gasteiger partial charge in [0.25, 0.3) is 0 Å². The van der Waals surface area contributed by atoms with E-state index in [0.717, 1.165) is 5.69 Å². The molecule has 372 valence electrons. The fraction of sp³-hybridized carbons (Fsp3) is 0.0127. The van der Waals surface area contributed by atoms with Crippen LogP contribution in [0.2, 0.25) is 0 Å². The van der Waals surface area contributed by atoms with Crippen LogP contribution in [-0.4, -0.2) is 4.57 Å². The smallest absolute Gasteiger partial charge is 0.0714 e. The quantitative estimate of drug-likeness (QED) is 0.143. The molecule has 0 atom stereocenters. The Morgan fingerprint density at radius 1 is 0.212 bits per heavy atom. The van der Waals surface area contributed by atoms with Crippen LogP contribution in [0.3, 0.4) is 0 Å². The van der Waals surface area contributed by atoms with Gasteiger partial charge in [-0.2, -0.15) is 0 Å². The minimum Gasteiger partial charge on any atom is -0.309 e. The second kappa shape index (κ2) is 18.4. The average Bonchev–Trinajstić information content (AvgIpc) is 3.70. The van der Waals surface area contributed by atoms with Crippen LogP contribution in [0.25, 0.3) is 127 Å². The predicted molar refractivity (Wildman–Crippen MR) is 338 cm³/mol. The molecule has 0 aliphatic heterocycles. The highest BCUT2D eigenvalue weighted by molar-refractivity contribution is 6.12. The van der Waals surface area contributed by atoms with E-state index in [0.29, 0.717) is 0 Å². The van der Waals surface area contributed by atoms with Crippen molar-refractivity contribution in [1.82, 2.24) is 4.57 Å². The molecule has 1 nitrogen and oxygen atoms in total. The second-order valence-electron chi connectivity index (χ2n) is 21.5. The minimum atomic E-state index is -0.612. The topological polar surface area (TPSA) is 4.93 Å². The van der Waals surface area contributed by atoms with Gasteiger partial charge >= 0.3 is 0 Å². The summed E-state index contributed by atoms with van der Waals surface area (Å²) in [5.74, 6) is 0. The first-order valence-electron chi connectivity index (χ1n) is 27.8. The van der Waals surface area contributed by atoms with Gasteiger partial charge in [-0.05, 0) is 164 Å². The number of hydrogen-bond acceptors (Lipinski definition) is 0. The molecular weight excluding hydrogens is 963 g/mol. The normalized spacial score (nSPS) is 12.6. The Labute approximate surface area is 465 Å². The van der Waals surface area contributed by atoms with E-state index in [1.807, 2.05) is 0 Å². The number of benzene rings is 14. The molecule has 1 heterocycles. The first kappa shape index (κ1) is 45.8. The maximum absolute atomic E-state index is 2.51. The maximum Gasteiger partial charge on any atom is 0.0714 e. The molecule has 14 aromatic carbocycles. The van der Waals surface area contributed by atoms with Gasteiger partial charge < -0.3 is 4.57 Å². The van der Waals surface area contributed by atoms with Crippen LogP contribution in [0.5, 0.6) is 0 Å². The standard InChI is InChI=1S/C79H51N/c1-3-22-62(23-4-1)79(63-24-5-2-6-25-63)75-50-61(70-31-15-21-56-18-9-12-28-67(56)70)40-44-71(75)72-45-43-64(51-76(72)79)80-77-46-41-59(52-32-36-57(37-33-52)68-29-13-19-54-16-7-10-26-65(54)68)48-73(77)74-49-60(42-47-78(74)80)53-34-38-58(39-35-53)69-30-14-20-55-17-8-11-27-66(55)69/h1-51H. The highest BCUT2D eigenvalue weighted by Crippen LogP contribution is 2.58. The lowest BCUT2D eigenvalue weighted by Gasteiger charge is -2.34. The molecule has 16 rings (SSSR count). The Balaban J connectivity index is 0.886. The van der Waals surface area contributed by atoms with E-state index in [-0.39, 0.29) is 0 Å². The molecule has 1 heteroatoms. The van der Waals surface area contributed by atoms with Crippen molar-refractivity contribution < 1.29 is 0 Å². The molecule has 80 heavy (non-hydrogen) atoms. The maximum atomic E-state index is 2.51.